The Morgan fingerprint density at radius 3 is 2.80 bits per heavy atom. The molecule has 1 aromatic rings. The molecule has 0 aliphatic heterocycles. The molecule has 0 spiro atoms. The van der Waals surface area contributed by atoms with Crippen LogP contribution in [0.3, 0.4) is 0 Å². The van der Waals surface area contributed by atoms with Gasteiger partial charge in [0.1, 0.15) is 11.5 Å². The minimum absolute atomic E-state index is 0.395. The molecule has 1 aliphatic rings. The Labute approximate surface area is 121 Å². The molecule has 4 heteroatoms. The van der Waals surface area contributed by atoms with Gasteiger partial charge in [-0.2, -0.15) is 0 Å². The first kappa shape index (κ1) is 15.1. The van der Waals surface area contributed by atoms with Crippen molar-refractivity contribution in [2.24, 2.45) is 11.7 Å². The molecule has 2 rings (SSSR count). The summed E-state index contributed by atoms with van der Waals surface area (Å²) in [4.78, 5) is 0. The predicted molar refractivity (Wildman–Crippen MR) is 81.2 cm³/mol. The lowest BCUT2D eigenvalue weighted by Crippen LogP contribution is -2.33. The number of nitrogens with one attached hydrogen (secondary N) is 1. The molecule has 0 bridgehead atoms. The van der Waals surface area contributed by atoms with Gasteiger partial charge in [0.15, 0.2) is 0 Å². The van der Waals surface area contributed by atoms with Crippen LogP contribution in [0.5, 0.6) is 11.5 Å². The summed E-state index contributed by atoms with van der Waals surface area (Å²) in [6, 6.07) is 6.34. The van der Waals surface area contributed by atoms with E-state index >= 15 is 0 Å². The molecular formula is C16H26N2O2. The molecular weight excluding hydrogens is 252 g/mol. The van der Waals surface area contributed by atoms with E-state index in [0.29, 0.717) is 12.0 Å². The number of methoxy groups -OCH3 is 2. The Morgan fingerprint density at radius 2 is 2.10 bits per heavy atom. The lowest BCUT2D eigenvalue weighted by molar-refractivity contribution is 0.309. The van der Waals surface area contributed by atoms with Crippen LogP contribution < -0.4 is 20.5 Å². The van der Waals surface area contributed by atoms with E-state index in [1.54, 1.807) is 14.2 Å². The Morgan fingerprint density at radius 1 is 1.25 bits per heavy atom. The zero-order valence-electron chi connectivity index (χ0n) is 12.5. The van der Waals surface area contributed by atoms with Gasteiger partial charge in [-0.25, -0.2) is 0 Å². The van der Waals surface area contributed by atoms with Crippen molar-refractivity contribution in [1.29, 1.82) is 0 Å². The smallest absolute Gasteiger partial charge is 0.127 e. The van der Waals surface area contributed by atoms with E-state index in [0.717, 1.165) is 36.6 Å². The summed E-state index contributed by atoms with van der Waals surface area (Å²) in [5.41, 5.74) is 7.18. The first-order valence-corrected chi connectivity index (χ1v) is 7.40. The molecule has 0 heterocycles. The third-order valence-electron chi connectivity index (χ3n) is 4.07. The fourth-order valence-corrected chi connectivity index (χ4v) is 2.93. The van der Waals surface area contributed by atoms with Gasteiger partial charge < -0.3 is 20.5 Å². The van der Waals surface area contributed by atoms with Crippen molar-refractivity contribution in [1.82, 2.24) is 5.32 Å². The third kappa shape index (κ3) is 4.12. The summed E-state index contributed by atoms with van der Waals surface area (Å²) < 4.78 is 10.6. The van der Waals surface area contributed by atoms with Crippen LogP contribution in [-0.4, -0.2) is 26.8 Å². The lowest BCUT2D eigenvalue weighted by atomic mass is 9.86. The molecule has 0 aromatic heterocycles. The number of nitrogens with two attached hydrogens (primary N) is 1. The fourth-order valence-electron chi connectivity index (χ4n) is 2.93. The highest BCUT2D eigenvalue weighted by molar-refractivity contribution is 5.40. The van der Waals surface area contributed by atoms with Crippen LogP contribution >= 0.6 is 0 Å². The van der Waals surface area contributed by atoms with Crippen molar-refractivity contribution in [3.8, 4) is 11.5 Å². The Kier molecular flexibility index (Phi) is 5.68. The van der Waals surface area contributed by atoms with E-state index < -0.39 is 0 Å². The van der Waals surface area contributed by atoms with Gasteiger partial charge in [0.25, 0.3) is 0 Å². The largest absolute Gasteiger partial charge is 0.497 e. The highest BCUT2D eigenvalue weighted by Gasteiger charge is 2.18. The average molecular weight is 278 g/mol. The van der Waals surface area contributed by atoms with Crippen molar-refractivity contribution in [2.45, 2.75) is 38.3 Å². The van der Waals surface area contributed by atoms with Gasteiger partial charge in [-0.3, -0.25) is 0 Å². The minimum Gasteiger partial charge on any atom is -0.497 e. The monoisotopic (exact) mass is 278 g/mol. The summed E-state index contributed by atoms with van der Waals surface area (Å²) in [6.07, 6.45) is 4.88. The molecule has 0 saturated heterocycles. The van der Waals surface area contributed by atoms with E-state index in [-0.39, 0.29) is 0 Å². The van der Waals surface area contributed by atoms with Gasteiger partial charge in [0.2, 0.25) is 0 Å². The first-order chi connectivity index (χ1) is 9.72. The van der Waals surface area contributed by atoms with Crippen LogP contribution in [0.2, 0.25) is 0 Å². The molecule has 1 saturated carbocycles. The van der Waals surface area contributed by atoms with Crippen molar-refractivity contribution in [3.05, 3.63) is 23.8 Å². The molecule has 2 atom stereocenters. The van der Waals surface area contributed by atoms with Gasteiger partial charge in [-0.05, 0) is 37.8 Å². The standard InChI is InChI=1S/C16H26N2O2/c1-19-15-7-6-13(16(9-15)20-2)11-18-10-12-4-3-5-14(17)8-12/h6-7,9,12,14,18H,3-5,8,10-11,17H2,1-2H3/t12-,14+/m1/s1. The van der Waals surface area contributed by atoms with Crippen LogP contribution in [0, 0.1) is 5.92 Å². The zero-order chi connectivity index (χ0) is 14.4. The van der Waals surface area contributed by atoms with E-state index in [9.17, 15) is 0 Å². The molecule has 0 unspecified atom stereocenters. The van der Waals surface area contributed by atoms with Gasteiger partial charge >= 0.3 is 0 Å². The number of hydrogen-bond acceptors (Lipinski definition) is 4. The molecule has 0 radical (unpaired) electrons. The van der Waals surface area contributed by atoms with Crippen molar-refractivity contribution < 1.29 is 9.47 Å². The van der Waals surface area contributed by atoms with E-state index in [4.69, 9.17) is 15.2 Å². The zero-order valence-corrected chi connectivity index (χ0v) is 12.5. The lowest BCUT2D eigenvalue weighted by Gasteiger charge is -2.26. The predicted octanol–water partition coefficient (Wildman–Crippen LogP) is 2.31. The summed E-state index contributed by atoms with van der Waals surface area (Å²) in [6.45, 7) is 1.85. The second-order valence-electron chi connectivity index (χ2n) is 5.60. The summed E-state index contributed by atoms with van der Waals surface area (Å²) in [5.74, 6) is 2.41. The van der Waals surface area contributed by atoms with Gasteiger partial charge in [0.05, 0.1) is 14.2 Å². The van der Waals surface area contributed by atoms with Gasteiger partial charge in [0, 0.05) is 24.2 Å². The van der Waals surface area contributed by atoms with Gasteiger partial charge in [-0.1, -0.05) is 12.5 Å². The third-order valence-corrected chi connectivity index (χ3v) is 4.07. The number of ether oxygens (including phenoxy) is 2. The highest BCUT2D eigenvalue weighted by Crippen LogP contribution is 2.25. The van der Waals surface area contributed by atoms with Crippen LogP contribution in [-0.2, 0) is 6.54 Å². The van der Waals surface area contributed by atoms with Crippen LogP contribution in [0.15, 0.2) is 18.2 Å². The molecule has 0 amide bonds. The first-order valence-electron chi connectivity index (χ1n) is 7.40. The van der Waals surface area contributed by atoms with Crippen LogP contribution in [0.4, 0.5) is 0 Å². The molecule has 20 heavy (non-hydrogen) atoms. The second-order valence-corrected chi connectivity index (χ2v) is 5.60. The van der Waals surface area contributed by atoms with Crippen LogP contribution in [0.25, 0.3) is 0 Å². The van der Waals surface area contributed by atoms with Crippen molar-refractivity contribution in [3.63, 3.8) is 0 Å². The normalized spacial score (nSPS) is 22.6. The quantitative estimate of drug-likeness (QED) is 0.838. The Bertz CT molecular complexity index is 423. The summed E-state index contributed by atoms with van der Waals surface area (Å²) >= 11 is 0. The van der Waals surface area contributed by atoms with E-state index in [1.807, 2.05) is 12.1 Å². The summed E-state index contributed by atoms with van der Waals surface area (Å²) in [5, 5.41) is 3.53. The molecule has 112 valence electrons. The maximum atomic E-state index is 6.02. The topological polar surface area (TPSA) is 56.5 Å². The van der Waals surface area contributed by atoms with Gasteiger partial charge in [-0.15, -0.1) is 0 Å². The number of hydrogen-bond donors (Lipinski definition) is 2. The average Bonchev–Trinajstić information content (AvgIpc) is 2.47. The number of rotatable bonds is 6. The Balaban J connectivity index is 1.84. The molecule has 3 N–H and O–H groups in total. The maximum absolute atomic E-state index is 6.02. The molecule has 1 fully saturated rings. The molecule has 1 aromatic carbocycles. The van der Waals surface area contributed by atoms with Crippen molar-refractivity contribution >= 4 is 0 Å². The number of benzene rings is 1. The van der Waals surface area contributed by atoms with Crippen LogP contribution in [0.1, 0.15) is 31.2 Å². The minimum atomic E-state index is 0.395. The SMILES string of the molecule is COc1ccc(CNC[C@@H]2CCC[C@H](N)C2)c(OC)c1. The highest BCUT2D eigenvalue weighted by atomic mass is 16.5. The molecule has 1 aliphatic carbocycles. The fraction of sp³-hybridized carbons (Fsp3) is 0.625. The second kappa shape index (κ2) is 7.50. The summed E-state index contributed by atoms with van der Waals surface area (Å²) in [7, 11) is 3.36. The maximum Gasteiger partial charge on any atom is 0.127 e. The van der Waals surface area contributed by atoms with E-state index in [1.165, 1.54) is 19.3 Å². The van der Waals surface area contributed by atoms with Crippen molar-refractivity contribution in [2.75, 3.05) is 20.8 Å². The molecule has 4 nitrogen and oxygen atoms in total. The Hall–Kier alpha value is -1.26. The van der Waals surface area contributed by atoms with E-state index in [2.05, 4.69) is 11.4 Å².